The van der Waals surface area contributed by atoms with Crippen LogP contribution in [0, 0.1) is 0 Å². The Kier molecular flexibility index (Phi) is 7.02. The molecule has 1 N–H and O–H groups in total. The van der Waals surface area contributed by atoms with E-state index in [0.717, 1.165) is 42.8 Å². The highest BCUT2D eigenvalue weighted by Crippen LogP contribution is 2.25. The maximum Gasteiger partial charge on any atom is 0.261 e. The average Bonchev–Trinajstić information content (AvgIpc) is 2.77. The second kappa shape index (κ2) is 9.61. The number of hydrogen-bond donors (Lipinski definition) is 1. The highest BCUT2D eigenvalue weighted by atomic mass is 79.9. The monoisotopic (exact) mass is 538 g/mol. The molecule has 0 atom stereocenters. The third-order valence-electron chi connectivity index (χ3n) is 5.67. The molecule has 1 aliphatic rings. The van der Waals surface area contributed by atoms with Gasteiger partial charge in [-0.05, 0) is 41.5 Å². The van der Waals surface area contributed by atoms with Crippen LogP contribution >= 0.6 is 27.5 Å². The van der Waals surface area contributed by atoms with E-state index < -0.39 is 9.84 Å². The number of rotatable bonds is 6. The number of halogens is 2. The number of aromatic nitrogens is 2. The summed E-state index contributed by atoms with van der Waals surface area (Å²) in [6.07, 6.45) is 1.47. The van der Waals surface area contributed by atoms with Crippen molar-refractivity contribution in [2.24, 2.45) is 0 Å². The lowest BCUT2D eigenvalue weighted by molar-refractivity contribution is 0.233. The summed E-state index contributed by atoms with van der Waals surface area (Å²) in [5.41, 5.74) is 1.93. The van der Waals surface area contributed by atoms with Crippen molar-refractivity contribution in [3.05, 3.63) is 67.6 Å². The second-order valence-electron chi connectivity index (χ2n) is 7.82. The van der Waals surface area contributed by atoms with Gasteiger partial charge in [-0.2, -0.15) is 0 Å². The molecule has 0 spiro atoms. The average molecular weight is 540 g/mol. The molecule has 7 nitrogen and oxygen atoms in total. The molecule has 2 heterocycles. The SMILES string of the molecule is CCS(=O)(=O)c1ccc(Cl)cc1Cn1cnc2cc(CN3CCNCC3)c(Br)cc2c1=O. The van der Waals surface area contributed by atoms with Crippen LogP contribution in [0.1, 0.15) is 18.1 Å². The fraction of sp³-hybridized carbons (Fsp3) is 0.364. The Balaban J connectivity index is 1.70. The number of piperazine rings is 1. The Hall–Kier alpha value is -1.78. The Labute approximate surface area is 200 Å². The molecular weight excluding hydrogens is 516 g/mol. The third kappa shape index (κ3) is 4.92. The van der Waals surface area contributed by atoms with Crippen LogP contribution in [-0.4, -0.2) is 54.8 Å². The molecule has 0 aliphatic carbocycles. The number of fused-ring (bicyclic) bond motifs is 1. The lowest BCUT2D eigenvalue weighted by Gasteiger charge is -2.27. The number of hydrogen-bond acceptors (Lipinski definition) is 6. The molecule has 170 valence electrons. The summed E-state index contributed by atoms with van der Waals surface area (Å²) >= 11 is 9.73. The van der Waals surface area contributed by atoms with Gasteiger partial charge in [0.25, 0.3) is 5.56 Å². The van der Waals surface area contributed by atoms with Crippen molar-refractivity contribution in [3.63, 3.8) is 0 Å². The predicted molar refractivity (Wildman–Crippen MR) is 130 cm³/mol. The number of nitrogens with zero attached hydrogens (tertiary/aromatic N) is 3. The highest BCUT2D eigenvalue weighted by molar-refractivity contribution is 9.10. The Morgan fingerprint density at radius 2 is 1.88 bits per heavy atom. The van der Waals surface area contributed by atoms with Crippen molar-refractivity contribution in [3.8, 4) is 0 Å². The van der Waals surface area contributed by atoms with Gasteiger partial charge in [0.15, 0.2) is 9.84 Å². The summed E-state index contributed by atoms with van der Waals surface area (Å²) in [7, 11) is -3.46. The smallest absolute Gasteiger partial charge is 0.261 e. The van der Waals surface area contributed by atoms with Gasteiger partial charge in [0.05, 0.1) is 34.4 Å². The van der Waals surface area contributed by atoms with E-state index in [1.807, 2.05) is 6.07 Å². The summed E-state index contributed by atoms with van der Waals surface area (Å²) in [6, 6.07) is 8.38. The first kappa shape index (κ1) is 23.4. The van der Waals surface area contributed by atoms with E-state index in [0.29, 0.717) is 21.5 Å². The van der Waals surface area contributed by atoms with Crippen molar-refractivity contribution >= 4 is 48.3 Å². The fourth-order valence-electron chi connectivity index (χ4n) is 3.88. The molecule has 1 saturated heterocycles. The Bertz CT molecular complexity index is 1320. The van der Waals surface area contributed by atoms with Crippen LogP contribution in [0.2, 0.25) is 5.02 Å². The quantitative estimate of drug-likeness (QED) is 0.518. The molecule has 0 unspecified atom stereocenters. The summed E-state index contributed by atoms with van der Waals surface area (Å²) < 4.78 is 27.3. The maximum atomic E-state index is 13.2. The van der Waals surface area contributed by atoms with Crippen molar-refractivity contribution in [2.75, 3.05) is 31.9 Å². The first-order chi connectivity index (χ1) is 15.3. The lowest BCUT2D eigenvalue weighted by Crippen LogP contribution is -2.42. The van der Waals surface area contributed by atoms with Crippen LogP contribution in [0.25, 0.3) is 10.9 Å². The van der Waals surface area contributed by atoms with Crippen LogP contribution < -0.4 is 10.9 Å². The molecule has 0 bridgehead atoms. The third-order valence-corrected chi connectivity index (χ3v) is 8.48. The maximum absolute atomic E-state index is 13.2. The molecule has 0 amide bonds. The zero-order valence-electron chi connectivity index (χ0n) is 17.6. The molecule has 10 heteroatoms. The minimum atomic E-state index is -3.46. The molecule has 2 aromatic carbocycles. The van der Waals surface area contributed by atoms with E-state index in [9.17, 15) is 13.2 Å². The normalized spacial score (nSPS) is 15.3. The topological polar surface area (TPSA) is 84.3 Å². The van der Waals surface area contributed by atoms with Gasteiger partial charge in [-0.25, -0.2) is 13.4 Å². The Morgan fingerprint density at radius 3 is 2.59 bits per heavy atom. The summed E-state index contributed by atoms with van der Waals surface area (Å²) in [6.45, 7) is 6.32. The zero-order valence-corrected chi connectivity index (χ0v) is 20.8. The largest absolute Gasteiger partial charge is 0.314 e. The fourth-order valence-corrected chi connectivity index (χ4v) is 5.65. The Morgan fingerprint density at radius 1 is 1.12 bits per heavy atom. The van der Waals surface area contributed by atoms with Crippen LogP contribution in [0.5, 0.6) is 0 Å². The van der Waals surface area contributed by atoms with E-state index in [1.165, 1.54) is 17.0 Å². The molecule has 1 aromatic heterocycles. The molecule has 32 heavy (non-hydrogen) atoms. The summed E-state index contributed by atoms with van der Waals surface area (Å²) in [5.74, 6) is -0.0324. The van der Waals surface area contributed by atoms with Gasteiger partial charge >= 0.3 is 0 Å². The van der Waals surface area contributed by atoms with E-state index >= 15 is 0 Å². The van der Waals surface area contributed by atoms with Crippen molar-refractivity contribution in [2.45, 2.75) is 24.9 Å². The van der Waals surface area contributed by atoms with Gasteiger partial charge in [0.1, 0.15) is 0 Å². The van der Waals surface area contributed by atoms with Crippen LogP contribution in [0.15, 0.2) is 50.8 Å². The predicted octanol–water partition coefficient (Wildman–Crippen LogP) is 3.06. The molecule has 1 fully saturated rings. The first-order valence-corrected chi connectivity index (χ1v) is 13.2. The van der Waals surface area contributed by atoms with Crippen LogP contribution in [0.4, 0.5) is 0 Å². The molecule has 0 radical (unpaired) electrons. The van der Waals surface area contributed by atoms with Gasteiger partial charge in [-0.15, -0.1) is 0 Å². The van der Waals surface area contributed by atoms with Crippen molar-refractivity contribution in [1.29, 1.82) is 0 Å². The number of nitrogens with one attached hydrogen (secondary N) is 1. The van der Waals surface area contributed by atoms with E-state index in [2.05, 4.69) is 31.1 Å². The minimum Gasteiger partial charge on any atom is -0.314 e. The van der Waals surface area contributed by atoms with Crippen molar-refractivity contribution in [1.82, 2.24) is 19.8 Å². The molecular formula is C22H24BrClN4O3S. The van der Waals surface area contributed by atoms with Gasteiger partial charge in [0.2, 0.25) is 0 Å². The highest BCUT2D eigenvalue weighted by Gasteiger charge is 2.19. The standard InChI is InChI=1S/C22H24BrClN4O3S/c1-2-32(30,31)21-4-3-17(24)9-16(21)13-28-14-26-20-10-15(12-27-7-5-25-6-8-27)19(23)11-18(20)22(28)29/h3-4,9-11,14,25H,2,5-8,12-13H2,1H3. The van der Waals surface area contributed by atoms with Gasteiger partial charge in [-0.1, -0.05) is 34.5 Å². The molecule has 1 aliphatic heterocycles. The van der Waals surface area contributed by atoms with Crippen LogP contribution in [0.3, 0.4) is 0 Å². The number of benzene rings is 2. The molecule has 4 rings (SSSR count). The van der Waals surface area contributed by atoms with Gasteiger partial charge in [0, 0.05) is 42.2 Å². The van der Waals surface area contributed by atoms with Gasteiger partial charge < -0.3 is 5.32 Å². The molecule has 0 saturated carbocycles. The van der Waals surface area contributed by atoms with Gasteiger partial charge in [-0.3, -0.25) is 14.3 Å². The second-order valence-corrected chi connectivity index (χ2v) is 11.4. The first-order valence-electron chi connectivity index (χ1n) is 10.4. The number of sulfone groups is 1. The summed E-state index contributed by atoms with van der Waals surface area (Å²) in [5, 5.41) is 4.23. The van der Waals surface area contributed by atoms with E-state index in [-0.39, 0.29) is 22.8 Å². The minimum absolute atomic E-state index is 0.0324. The zero-order chi connectivity index (χ0) is 22.9. The van der Waals surface area contributed by atoms with E-state index in [4.69, 9.17) is 11.6 Å². The van der Waals surface area contributed by atoms with Crippen molar-refractivity contribution < 1.29 is 8.42 Å². The summed E-state index contributed by atoms with van der Waals surface area (Å²) in [4.78, 5) is 20.2. The lowest BCUT2D eigenvalue weighted by atomic mass is 10.1. The molecule has 3 aromatic rings. The van der Waals surface area contributed by atoms with Crippen LogP contribution in [-0.2, 0) is 22.9 Å². The van der Waals surface area contributed by atoms with E-state index in [1.54, 1.807) is 25.1 Å².